The number of ether oxygens (including phenoxy) is 2. The number of nitrogens with one attached hydrogen (secondary N) is 1. The molecule has 0 radical (unpaired) electrons. The van der Waals surface area contributed by atoms with Crippen LogP contribution in [-0.2, 0) is 35.1 Å². The van der Waals surface area contributed by atoms with E-state index in [4.69, 9.17) is 9.47 Å². The molecule has 3 fully saturated rings. The second-order valence-electron chi connectivity index (χ2n) is 13.2. The number of hydrogen-bond acceptors (Lipinski definition) is 7. The van der Waals surface area contributed by atoms with Crippen LogP contribution in [0.1, 0.15) is 52.5 Å². The minimum Gasteiger partial charge on any atom is -0.460 e. The Hall–Kier alpha value is -3.02. The lowest BCUT2D eigenvalue weighted by atomic mass is 9.70. The largest absolute Gasteiger partial charge is 0.460 e. The van der Waals surface area contributed by atoms with Crippen molar-refractivity contribution in [1.29, 1.82) is 0 Å². The molecule has 11 heteroatoms. The van der Waals surface area contributed by atoms with Crippen LogP contribution in [0, 0.1) is 11.8 Å². The molecule has 0 aromatic heterocycles. The number of benzene rings is 1. The fourth-order valence-electron chi connectivity index (χ4n) is 7.02. The number of carbonyl (C=O) groups excluding carboxylic acids is 4. The zero-order valence-electron chi connectivity index (χ0n) is 26.6. The van der Waals surface area contributed by atoms with E-state index < -0.39 is 59.1 Å². The van der Waals surface area contributed by atoms with E-state index in [1.165, 1.54) is 4.90 Å². The Bertz CT molecular complexity index is 1280. The van der Waals surface area contributed by atoms with Gasteiger partial charge in [0.05, 0.1) is 37.1 Å². The lowest BCUT2D eigenvalue weighted by Crippen LogP contribution is -2.62. The van der Waals surface area contributed by atoms with Crippen molar-refractivity contribution >= 4 is 39.6 Å². The number of carbonyl (C=O) groups is 4. The van der Waals surface area contributed by atoms with Gasteiger partial charge in [-0.3, -0.25) is 19.2 Å². The summed E-state index contributed by atoms with van der Waals surface area (Å²) in [5, 5.41) is 13.4. The number of aliphatic hydroxyl groups is 1. The molecule has 3 heterocycles. The number of nitrogens with zero attached hydrogens (tertiary/aromatic N) is 2. The minimum absolute atomic E-state index is 0.112. The highest BCUT2D eigenvalue weighted by Gasteiger charge is 2.77. The van der Waals surface area contributed by atoms with Crippen molar-refractivity contribution in [3.63, 3.8) is 0 Å². The highest BCUT2D eigenvalue weighted by atomic mass is 79.9. The predicted octanol–water partition coefficient (Wildman–Crippen LogP) is 3.17. The number of esters is 1. The summed E-state index contributed by atoms with van der Waals surface area (Å²) in [6, 6.07) is 7.64. The zero-order chi connectivity index (χ0) is 33.1. The lowest BCUT2D eigenvalue weighted by Gasteiger charge is -2.43. The van der Waals surface area contributed by atoms with Crippen molar-refractivity contribution in [3.8, 4) is 0 Å². The molecule has 1 aromatic rings. The van der Waals surface area contributed by atoms with Gasteiger partial charge in [0.2, 0.25) is 17.7 Å². The third-order valence-corrected chi connectivity index (χ3v) is 9.86. The maximum atomic E-state index is 14.7. The molecule has 0 aliphatic carbocycles. The Labute approximate surface area is 274 Å². The summed E-state index contributed by atoms with van der Waals surface area (Å²) < 4.78 is 12.4. The first-order valence-electron chi connectivity index (χ1n) is 15.6. The topological polar surface area (TPSA) is 125 Å². The summed E-state index contributed by atoms with van der Waals surface area (Å²) in [6.45, 7) is 14.8. The first kappa shape index (κ1) is 34.8. The van der Waals surface area contributed by atoms with E-state index in [-0.39, 0.29) is 42.8 Å². The van der Waals surface area contributed by atoms with Crippen molar-refractivity contribution in [2.45, 2.75) is 93.6 Å². The van der Waals surface area contributed by atoms with Gasteiger partial charge in [0.15, 0.2) is 0 Å². The van der Waals surface area contributed by atoms with E-state index in [1.54, 1.807) is 24.0 Å². The van der Waals surface area contributed by atoms with Crippen LogP contribution in [0.25, 0.3) is 0 Å². The summed E-state index contributed by atoms with van der Waals surface area (Å²) in [6.07, 6.45) is 3.41. The van der Waals surface area contributed by atoms with Gasteiger partial charge in [0, 0.05) is 23.3 Å². The summed E-state index contributed by atoms with van der Waals surface area (Å²) in [7, 11) is 0. The molecule has 4 rings (SSSR count). The number of aliphatic hydroxyl groups excluding tert-OH is 1. The van der Waals surface area contributed by atoms with Gasteiger partial charge < -0.3 is 29.7 Å². The van der Waals surface area contributed by atoms with E-state index in [0.29, 0.717) is 19.3 Å². The number of allylic oxidation sites excluding steroid dienone is 1. The molecule has 3 saturated heterocycles. The number of amides is 3. The fraction of sp³-hybridized carbons (Fsp3) is 0.588. The van der Waals surface area contributed by atoms with Crippen molar-refractivity contribution in [2.24, 2.45) is 11.8 Å². The maximum absolute atomic E-state index is 14.7. The summed E-state index contributed by atoms with van der Waals surface area (Å²) in [5.74, 6) is -3.50. The molecule has 1 spiro atoms. The van der Waals surface area contributed by atoms with E-state index in [2.05, 4.69) is 34.4 Å². The monoisotopic (exact) mass is 687 g/mol. The molecule has 2 N–H and O–H groups in total. The Morgan fingerprint density at radius 1 is 1.24 bits per heavy atom. The Morgan fingerprint density at radius 2 is 1.93 bits per heavy atom. The zero-order valence-corrected chi connectivity index (χ0v) is 28.2. The van der Waals surface area contributed by atoms with Gasteiger partial charge in [0.1, 0.15) is 17.7 Å². The van der Waals surface area contributed by atoms with Crippen LogP contribution in [-0.4, -0.2) is 98.6 Å². The molecular formula is C34H46BrN3O7. The fourth-order valence-corrected chi connectivity index (χ4v) is 7.96. The van der Waals surface area contributed by atoms with Crippen LogP contribution in [0.15, 0.2) is 55.6 Å². The lowest BCUT2D eigenvalue weighted by molar-refractivity contribution is -0.160. The van der Waals surface area contributed by atoms with Crippen LogP contribution in [0.3, 0.4) is 0 Å². The van der Waals surface area contributed by atoms with Gasteiger partial charge in [-0.25, -0.2) is 0 Å². The standard InChI is InChI=1S/C34H46BrN3O7/c1-7-9-15-25(40)36-19-21(3)44-32(43)26-27-30(41)38(23(20-39)17-22-13-11-10-12-14-22)29(34(27)18-24(35)28(26)45-34)31(42)37(16-8-2)33(4,5)6/h7-8,10-14,21,23-24,26-29,39H,1-2,9,15-20H2,3-6H3,(H,36,40)/t21-,23-,24?,26-,27+,28-,29-,34+/m1/s1. The number of alkyl halides is 1. The Morgan fingerprint density at radius 3 is 2.53 bits per heavy atom. The van der Waals surface area contributed by atoms with E-state index in [9.17, 15) is 24.3 Å². The Kier molecular flexibility index (Phi) is 11.0. The van der Waals surface area contributed by atoms with E-state index in [0.717, 1.165) is 5.56 Å². The third-order valence-electron chi connectivity index (χ3n) is 9.02. The molecule has 8 atom stereocenters. The first-order valence-corrected chi connectivity index (χ1v) is 16.5. The summed E-state index contributed by atoms with van der Waals surface area (Å²) >= 11 is 3.69. The molecule has 3 aliphatic rings. The Balaban J connectivity index is 1.70. The van der Waals surface area contributed by atoms with Crippen molar-refractivity contribution in [1.82, 2.24) is 15.1 Å². The van der Waals surface area contributed by atoms with Gasteiger partial charge in [0.25, 0.3) is 0 Å². The van der Waals surface area contributed by atoms with Crippen molar-refractivity contribution in [3.05, 3.63) is 61.2 Å². The molecule has 45 heavy (non-hydrogen) atoms. The number of likely N-dealkylation sites (tertiary alicyclic amines) is 1. The highest BCUT2D eigenvalue weighted by Crippen LogP contribution is 2.61. The molecule has 3 amide bonds. The van der Waals surface area contributed by atoms with Crippen LogP contribution in [0.5, 0.6) is 0 Å². The number of halogens is 1. The van der Waals surface area contributed by atoms with Crippen LogP contribution in [0.4, 0.5) is 0 Å². The molecule has 3 aliphatic heterocycles. The van der Waals surface area contributed by atoms with E-state index in [1.807, 2.05) is 51.1 Å². The first-order chi connectivity index (χ1) is 21.3. The van der Waals surface area contributed by atoms with Gasteiger partial charge in [-0.05, 0) is 52.5 Å². The molecule has 246 valence electrons. The van der Waals surface area contributed by atoms with Crippen molar-refractivity contribution < 1.29 is 33.8 Å². The highest BCUT2D eigenvalue weighted by molar-refractivity contribution is 9.09. The molecule has 1 unspecified atom stereocenters. The van der Waals surface area contributed by atoms with Crippen LogP contribution >= 0.6 is 15.9 Å². The average Bonchev–Trinajstić information content (AvgIpc) is 3.59. The average molecular weight is 689 g/mol. The van der Waals surface area contributed by atoms with Crippen molar-refractivity contribution in [2.75, 3.05) is 19.7 Å². The number of fused-ring (bicyclic) bond motifs is 1. The van der Waals surface area contributed by atoms with Gasteiger partial charge in [-0.2, -0.15) is 0 Å². The maximum Gasteiger partial charge on any atom is 0.312 e. The second-order valence-corrected chi connectivity index (χ2v) is 14.4. The predicted molar refractivity (Wildman–Crippen MR) is 173 cm³/mol. The molecular weight excluding hydrogens is 642 g/mol. The van der Waals surface area contributed by atoms with Crippen LogP contribution < -0.4 is 5.32 Å². The number of hydrogen-bond donors (Lipinski definition) is 2. The van der Waals surface area contributed by atoms with E-state index >= 15 is 0 Å². The summed E-state index contributed by atoms with van der Waals surface area (Å²) in [5.41, 5.74) is -1.03. The smallest absolute Gasteiger partial charge is 0.312 e. The second kappa shape index (κ2) is 14.2. The summed E-state index contributed by atoms with van der Waals surface area (Å²) in [4.78, 5) is 58.0. The molecule has 0 saturated carbocycles. The van der Waals surface area contributed by atoms with Gasteiger partial charge in [-0.1, -0.05) is 58.4 Å². The quantitative estimate of drug-likeness (QED) is 0.175. The minimum atomic E-state index is -1.31. The number of rotatable bonds is 14. The van der Waals surface area contributed by atoms with Crippen LogP contribution in [0.2, 0.25) is 0 Å². The molecule has 2 bridgehead atoms. The molecule has 1 aromatic carbocycles. The third kappa shape index (κ3) is 6.90. The molecule has 10 nitrogen and oxygen atoms in total. The normalized spacial score (nSPS) is 28.3. The van der Waals surface area contributed by atoms with Gasteiger partial charge >= 0.3 is 5.97 Å². The SMILES string of the molecule is C=CCCC(=O)NC[C@@H](C)OC(=O)[C@H]1[C@@H]2O[C@@]3(CC2Br)[C@@H]1C(=O)N([C@@H](CO)Cc1ccccc1)[C@@H]3C(=O)N(CC=C)C(C)(C)C. The van der Waals surface area contributed by atoms with Gasteiger partial charge in [-0.15, -0.1) is 13.2 Å².